The number of amides is 1. The number of rotatable bonds is 3. The van der Waals surface area contributed by atoms with Gasteiger partial charge in [-0.25, -0.2) is 15.0 Å². The minimum Gasteiger partial charge on any atom is -0.368 e. The van der Waals surface area contributed by atoms with Crippen molar-refractivity contribution in [2.75, 3.05) is 19.7 Å². The van der Waals surface area contributed by atoms with E-state index in [0.29, 0.717) is 26.1 Å². The molecule has 2 aromatic rings. The van der Waals surface area contributed by atoms with E-state index in [9.17, 15) is 4.79 Å². The summed E-state index contributed by atoms with van der Waals surface area (Å²) in [6, 6.07) is 1.93. The van der Waals surface area contributed by atoms with Gasteiger partial charge in [-0.2, -0.15) is 0 Å². The Kier molecular flexibility index (Phi) is 4.68. The molecule has 1 amide bonds. The van der Waals surface area contributed by atoms with Crippen LogP contribution in [0.5, 0.6) is 0 Å². The lowest BCUT2D eigenvalue weighted by molar-refractivity contribution is -0.138. The third-order valence-electron chi connectivity index (χ3n) is 3.73. The van der Waals surface area contributed by atoms with Crippen LogP contribution in [0.3, 0.4) is 0 Å². The van der Waals surface area contributed by atoms with Gasteiger partial charge in [0.1, 0.15) is 11.9 Å². The number of hydrogen-bond acceptors (Lipinski definition) is 6. The molecule has 6 nitrogen and oxygen atoms in total. The predicted molar refractivity (Wildman–Crippen MR) is 87.3 cm³/mol. The van der Waals surface area contributed by atoms with Gasteiger partial charge in [-0.05, 0) is 26.8 Å². The maximum atomic E-state index is 12.5. The molecule has 0 aliphatic carbocycles. The Balaban J connectivity index is 1.69. The quantitative estimate of drug-likeness (QED) is 0.860. The van der Waals surface area contributed by atoms with Crippen LogP contribution in [0.4, 0.5) is 0 Å². The van der Waals surface area contributed by atoms with Gasteiger partial charge in [-0.3, -0.25) is 4.79 Å². The number of hydrogen-bond donors (Lipinski definition) is 0. The van der Waals surface area contributed by atoms with Crippen molar-refractivity contribution in [2.24, 2.45) is 0 Å². The maximum absolute atomic E-state index is 12.5. The van der Waals surface area contributed by atoms with Crippen LogP contribution in [0.25, 0.3) is 0 Å². The minimum atomic E-state index is -0.190. The number of carbonyl (C=O) groups excluding carboxylic acids is 1. The molecule has 1 fully saturated rings. The summed E-state index contributed by atoms with van der Waals surface area (Å²) in [7, 11) is 0. The zero-order valence-corrected chi connectivity index (χ0v) is 14.4. The highest BCUT2D eigenvalue weighted by Gasteiger charge is 2.27. The van der Waals surface area contributed by atoms with E-state index in [4.69, 9.17) is 4.74 Å². The molecule has 0 saturated carbocycles. The van der Waals surface area contributed by atoms with Crippen molar-refractivity contribution in [1.82, 2.24) is 19.9 Å². The maximum Gasteiger partial charge on any atom is 0.228 e. The van der Waals surface area contributed by atoms with Crippen molar-refractivity contribution in [1.29, 1.82) is 0 Å². The smallest absolute Gasteiger partial charge is 0.228 e. The standard InChI is InChI=1S/C16H20N4O2S/c1-10-6-14(18-11(2)17-10)15-8-20(4-5-22-15)16(21)7-13-9-23-12(3)19-13/h6,9,15H,4-5,7-8H2,1-3H3. The van der Waals surface area contributed by atoms with Crippen molar-refractivity contribution >= 4 is 17.2 Å². The van der Waals surface area contributed by atoms with Crippen LogP contribution in [0.15, 0.2) is 11.4 Å². The van der Waals surface area contributed by atoms with Crippen LogP contribution >= 0.6 is 11.3 Å². The fourth-order valence-electron chi connectivity index (χ4n) is 2.72. The number of aryl methyl sites for hydroxylation is 3. The van der Waals surface area contributed by atoms with E-state index in [1.54, 1.807) is 11.3 Å². The van der Waals surface area contributed by atoms with Crippen molar-refractivity contribution in [3.8, 4) is 0 Å². The predicted octanol–water partition coefficient (Wildman–Crippen LogP) is 2.00. The van der Waals surface area contributed by atoms with Gasteiger partial charge < -0.3 is 9.64 Å². The lowest BCUT2D eigenvalue weighted by Gasteiger charge is -2.32. The third-order valence-corrected chi connectivity index (χ3v) is 4.56. The van der Waals surface area contributed by atoms with Crippen molar-refractivity contribution < 1.29 is 9.53 Å². The molecule has 3 rings (SSSR count). The highest BCUT2D eigenvalue weighted by Crippen LogP contribution is 2.22. The van der Waals surface area contributed by atoms with Crippen LogP contribution in [0, 0.1) is 20.8 Å². The number of carbonyl (C=O) groups is 1. The molecule has 122 valence electrons. The number of aromatic nitrogens is 3. The van der Waals surface area contributed by atoms with Crippen LogP contribution in [-0.2, 0) is 16.0 Å². The summed E-state index contributed by atoms with van der Waals surface area (Å²) >= 11 is 1.57. The average Bonchev–Trinajstić information content (AvgIpc) is 2.91. The molecular weight excluding hydrogens is 312 g/mol. The Morgan fingerprint density at radius 3 is 2.87 bits per heavy atom. The van der Waals surface area contributed by atoms with Gasteiger partial charge in [0.05, 0.1) is 36.0 Å². The summed E-state index contributed by atoms with van der Waals surface area (Å²) in [6.45, 7) is 7.42. The first-order chi connectivity index (χ1) is 11.0. The number of ether oxygens (including phenoxy) is 1. The first-order valence-electron chi connectivity index (χ1n) is 7.64. The van der Waals surface area contributed by atoms with Gasteiger partial charge in [0.25, 0.3) is 0 Å². The second-order valence-electron chi connectivity index (χ2n) is 5.72. The number of thiazole rings is 1. The molecule has 1 unspecified atom stereocenters. The number of morpholine rings is 1. The molecule has 0 aromatic carbocycles. The molecule has 0 bridgehead atoms. The highest BCUT2D eigenvalue weighted by molar-refractivity contribution is 7.09. The molecule has 7 heteroatoms. The van der Waals surface area contributed by atoms with Gasteiger partial charge in [-0.15, -0.1) is 11.3 Å². The third kappa shape index (κ3) is 3.92. The minimum absolute atomic E-state index is 0.0890. The van der Waals surface area contributed by atoms with Crippen molar-refractivity contribution in [3.63, 3.8) is 0 Å². The summed E-state index contributed by atoms with van der Waals surface area (Å²) in [5, 5.41) is 2.93. The fraction of sp³-hybridized carbons (Fsp3) is 0.500. The molecule has 1 aliphatic rings. The van der Waals surface area contributed by atoms with E-state index >= 15 is 0 Å². The SMILES string of the molecule is Cc1cc(C2CN(C(=O)Cc3csc(C)n3)CCO2)nc(C)n1. The summed E-state index contributed by atoms with van der Waals surface area (Å²) in [6.07, 6.45) is 0.157. The Hall–Kier alpha value is -1.86. The Labute approximate surface area is 139 Å². The Bertz CT molecular complexity index is 696. The first-order valence-corrected chi connectivity index (χ1v) is 8.52. The largest absolute Gasteiger partial charge is 0.368 e. The summed E-state index contributed by atoms with van der Waals surface area (Å²) in [5.41, 5.74) is 2.60. The van der Waals surface area contributed by atoms with Crippen LogP contribution in [0.1, 0.15) is 34.0 Å². The van der Waals surface area contributed by atoms with Crippen molar-refractivity contribution in [3.05, 3.63) is 39.4 Å². The van der Waals surface area contributed by atoms with Gasteiger partial charge >= 0.3 is 0 Å². The zero-order chi connectivity index (χ0) is 16.4. The fourth-order valence-corrected chi connectivity index (χ4v) is 3.33. The van der Waals surface area contributed by atoms with Crippen molar-refractivity contribution in [2.45, 2.75) is 33.3 Å². The summed E-state index contributed by atoms with van der Waals surface area (Å²) < 4.78 is 5.81. The Morgan fingerprint density at radius 2 is 2.17 bits per heavy atom. The monoisotopic (exact) mass is 332 g/mol. The topological polar surface area (TPSA) is 68.2 Å². The Morgan fingerprint density at radius 1 is 1.35 bits per heavy atom. The van der Waals surface area contributed by atoms with E-state index in [2.05, 4.69) is 15.0 Å². The lowest BCUT2D eigenvalue weighted by Crippen LogP contribution is -2.43. The molecule has 1 atom stereocenters. The molecule has 0 radical (unpaired) electrons. The molecule has 0 N–H and O–H groups in total. The second kappa shape index (κ2) is 6.72. The molecular formula is C16H20N4O2S. The lowest BCUT2D eigenvalue weighted by atomic mass is 10.1. The van der Waals surface area contributed by atoms with E-state index in [-0.39, 0.29) is 12.0 Å². The van der Waals surface area contributed by atoms with Gasteiger partial charge in [-0.1, -0.05) is 0 Å². The van der Waals surface area contributed by atoms with E-state index in [1.165, 1.54) is 0 Å². The van der Waals surface area contributed by atoms with Gasteiger partial charge in [0.2, 0.25) is 5.91 Å². The van der Waals surface area contributed by atoms with E-state index in [1.807, 2.05) is 37.1 Å². The average molecular weight is 332 g/mol. The molecule has 3 heterocycles. The van der Waals surface area contributed by atoms with E-state index < -0.39 is 0 Å². The first kappa shape index (κ1) is 16.0. The second-order valence-corrected chi connectivity index (χ2v) is 6.78. The molecule has 23 heavy (non-hydrogen) atoms. The molecule has 0 spiro atoms. The normalized spacial score (nSPS) is 18.2. The summed E-state index contributed by atoms with van der Waals surface area (Å²) in [5.74, 6) is 0.816. The molecule has 2 aromatic heterocycles. The zero-order valence-electron chi connectivity index (χ0n) is 13.6. The van der Waals surface area contributed by atoms with Crippen LogP contribution < -0.4 is 0 Å². The highest BCUT2D eigenvalue weighted by atomic mass is 32.1. The molecule has 1 aliphatic heterocycles. The van der Waals surface area contributed by atoms with Gasteiger partial charge in [0.15, 0.2) is 0 Å². The molecule has 1 saturated heterocycles. The van der Waals surface area contributed by atoms with Gasteiger partial charge in [0, 0.05) is 17.6 Å². The summed E-state index contributed by atoms with van der Waals surface area (Å²) in [4.78, 5) is 27.4. The van der Waals surface area contributed by atoms with Crippen LogP contribution in [0.2, 0.25) is 0 Å². The van der Waals surface area contributed by atoms with Crippen LogP contribution in [-0.4, -0.2) is 45.5 Å². The number of nitrogens with zero attached hydrogens (tertiary/aromatic N) is 4. The van der Waals surface area contributed by atoms with E-state index in [0.717, 1.165) is 27.9 Å².